The third-order valence-electron chi connectivity index (χ3n) is 4.36. The molecule has 1 aliphatic carbocycles. The summed E-state index contributed by atoms with van der Waals surface area (Å²) in [5.41, 5.74) is 7.13. The van der Waals surface area contributed by atoms with Crippen LogP contribution in [0.25, 0.3) is 28.0 Å². The third-order valence-corrected chi connectivity index (χ3v) is 6.24. The Bertz CT molecular complexity index is 952. The zero-order chi connectivity index (χ0) is 18.9. The molecule has 3 aromatic carbocycles. The maximum Gasteiger partial charge on any atom is 0.0411 e. The molecule has 1 aliphatic rings. The zero-order valence-corrected chi connectivity index (χ0v) is 19.9. The van der Waals surface area contributed by atoms with Gasteiger partial charge in [0, 0.05) is 8.07 Å². The summed E-state index contributed by atoms with van der Waals surface area (Å²) in [7, 11) is -0.611. The van der Waals surface area contributed by atoms with Crippen molar-refractivity contribution in [3.63, 3.8) is 0 Å². The van der Waals surface area contributed by atoms with Gasteiger partial charge in [0.1, 0.15) is 0 Å². The Morgan fingerprint density at radius 2 is 1.35 bits per heavy atom. The Balaban J connectivity index is 0.000000349. The van der Waals surface area contributed by atoms with E-state index in [0.29, 0.717) is 3.63 Å². The van der Waals surface area contributed by atoms with Crippen molar-refractivity contribution in [1.82, 2.24) is 0 Å². The zero-order valence-electron chi connectivity index (χ0n) is 16.4. The van der Waals surface area contributed by atoms with Crippen molar-refractivity contribution in [3.8, 4) is 11.1 Å². The molecular formula is C24H27SiZr. The van der Waals surface area contributed by atoms with Gasteiger partial charge in [-0.3, -0.25) is 0 Å². The van der Waals surface area contributed by atoms with Crippen LogP contribution in [0.3, 0.4) is 0 Å². The summed E-state index contributed by atoms with van der Waals surface area (Å²) in [6, 6.07) is 22.0. The van der Waals surface area contributed by atoms with Gasteiger partial charge in [-0.1, -0.05) is 26.2 Å². The van der Waals surface area contributed by atoms with E-state index in [2.05, 4.69) is 99.9 Å². The van der Waals surface area contributed by atoms with Crippen LogP contribution in [-0.2, 0) is 24.7 Å². The second kappa shape index (κ2) is 7.79. The first-order valence-corrected chi connectivity index (χ1v) is 14.7. The summed E-state index contributed by atoms with van der Waals surface area (Å²) < 4.78 is 0.627. The standard InChI is InChI=1S/C20H15.C4H12Si.Zr/c1-14-12-16-8-5-11-19(20(16)13-14)18-10-4-7-15-6-2-3-9-17(15)18;1-5(2,3)4;/h2-13H,1H3;1-4H3;. The molecule has 0 spiro atoms. The van der Waals surface area contributed by atoms with Crippen molar-refractivity contribution in [3.05, 3.63) is 77.4 Å². The molecule has 0 saturated carbocycles. The molecule has 0 radical (unpaired) electrons. The Morgan fingerprint density at radius 3 is 2.08 bits per heavy atom. The molecule has 0 nitrogen and oxygen atoms in total. The number of rotatable bonds is 1. The molecule has 0 saturated heterocycles. The summed E-state index contributed by atoms with van der Waals surface area (Å²) in [6.07, 6.45) is 2.38. The second-order valence-electron chi connectivity index (χ2n) is 8.66. The second-order valence-corrected chi connectivity index (χ2v) is 16.1. The molecule has 0 N–H and O–H groups in total. The van der Waals surface area contributed by atoms with Crippen LogP contribution in [0.2, 0.25) is 26.2 Å². The van der Waals surface area contributed by atoms with Crippen molar-refractivity contribution in [2.75, 3.05) is 0 Å². The average Bonchev–Trinajstić information content (AvgIpc) is 2.88. The minimum Gasteiger partial charge on any atom is -0.0697 e. The summed E-state index contributed by atoms with van der Waals surface area (Å²) in [6.45, 7) is 11.6. The molecule has 0 aliphatic heterocycles. The summed E-state index contributed by atoms with van der Waals surface area (Å²) in [5, 5.41) is 2.65. The van der Waals surface area contributed by atoms with Crippen LogP contribution < -0.4 is 0 Å². The Hall–Kier alpha value is -1.24. The predicted octanol–water partition coefficient (Wildman–Crippen LogP) is 7.47. The first-order valence-electron chi connectivity index (χ1n) is 9.26. The molecule has 0 fully saturated rings. The molecule has 3 aromatic rings. The fourth-order valence-electron chi connectivity index (χ4n) is 3.25. The summed E-state index contributed by atoms with van der Waals surface area (Å²) in [5.74, 6) is 0. The van der Waals surface area contributed by atoms with Gasteiger partial charge in [0.2, 0.25) is 0 Å². The summed E-state index contributed by atoms with van der Waals surface area (Å²) in [4.78, 5) is 0. The smallest absolute Gasteiger partial charge is 0.0411 e. The molecule has 0 aromatic heterocycles. The minimum absolute atomic E-state index is 0.611. The van der Waals surface area contributed by atoms with Crippen LogP contribution >= 0.6 is 0 Å². The van der Waals surface area contributed by atoms with Gasteiger partial charge in [-0.2, -0.15) is 0 Å². The number of hydrogen-bond donors (Lipinski definition) is 0. The number of allylic oxidation sites excluding steroid dienone is 1. The van der Waals surface area contributed by atoms with Crippen LogP contribution in [-0.4, -0.2) is 8.07 Å². The van der Waals surface area contributed by atoms with Crippen LogP contribution in [0, 0.1) is 0 Å². The molecule has 1 unspecified atom stereocenters. The Morgan fingerprint density at radius 1 is 0.769 bits per heavy atom. The normalized spacial score (nSPS) is 15.8. The Labute approximate surface area is 174 Å². The van der Waals surface area contributed by atoms with Gasteiger partial charge in [-0.15, -0.1) is 0 Å². The fourth-order valence-corrected chi connectivity index (χ4v) is 4.07. The van der Waals surface area contributed by atoms with Crippen LogP contribution in [0.1, 0.15) is 21.7 Å². The maximum absolute atomic E-state index is 2.38. The molecule has 0 heterocycles. The van der Waals surface area contributed by atoms with Crippen LogP contribution in [0.4, 0.5) is 0 Å². The SMILES string of the molecule is CC1=Cc2c(-c3cccc4ccccc34)cccc2[CH]1[Zr].C[Si](C)(C)C. The number of benzene rings is 3. The van der Waals surface area contributed by atoms with Gasteiger partial charge < -0.3 is 0 Å². The minimum atomic E-state index is -0.611. The first kappa shape index (κ1) is 19.5. The molecule has 26 heavy (non-hydrogen) atoms. The molecular weight excluding hydrogens is 408 g/mol. The van der Waals surface area contributed by atoms with E-state index >= 15 is 0 Å². The van der Waals surface area contributed by atoms with Gasteiger partial charge in [-0.05, 0) is 0 Å². The van der Waals surface area contributed by atoms with Gasteiger partial charge >= 0.3 is 141 Å². The topological polar surface area (TPSA) is 0 Å². The largest absolute Gasteiger partial charge is 0.0697 e. The van der Waals surface area contributed by atoms with Gasteiger partial charge in [0.25, 0.3) is 0 Å². The van der Waals surface area contributed by atoms with Crippen molar-refractivity contribution in [2.45, 2.75) is 36.7 Å². The molecule has 4 rings (SSSR count). The van der Waals surface area contributed by atoms with Crippen molar-refractivity contribution < 1.29 is 24.7 Å². The molecule has 2 heteroatoms. The van der Waals surface area contributed by atoms with E-state index in [-0.39, 0.29) is 0 Å². The van der Waals surface area contributed by atoms with Gasteiger partial charge in [0.15, 0.2) is 0 Å². The van der Waals surface area contributed by atoms with E-state index < -0.39 is 8.07 Å². The Kier molecular flexibility index (Phi) is 5.85. The van der Waals surface area contributed by atoms with Crippen molar-refractivity contribution in [2.24, 2.45) is 0 Å². The van der Waals surface area contributed by atoms with Gasteiger partial charge in [0.05, 0.1) is 0 Å². The van der Waals surface area contributed by atoms with E-state index in [1.165, 1.54) is 38.6 Å². The fraction of sp³-hybridized carbons (Fsp3) is 0.250. The van der Waals surface area contributed by atoms with E-state index in [9.17, 15) is 0 Å². The maximum atomic E-state index is 2.38. The summed E-state index contributed by atoms with van der Waals surface area (Å²) >= 11 is 1.58. The van der Waals surface area contributed by atoms with Crippen LogP contribution in [0.15, 0.2) is 66.2 Å². The van der Waals surface area contributed by atoms with E-state index in [1.807, 2.05) is 0 Å². The number of hydrogen-bond acceptors (Lipinski definition) is 0. The van der Waals surface area contributed by atoms with Crippen molar-refractivity contribution >= 4 is 24.9 Å². The molecule has 131 valence electrons. The first-order chi connectivity index (χ1) is 12.3. The van der Waals surface area contributed by atoms with Crippen LogP contribution in [0.5, 0.6) is 0 Å². The third kappa shape index (κ3) is 4.35. The van der Waals surface area contributed by atoms with E-state index in [0.717, 1.165) is 0 Å². The van der Waals surface area contributed by atoms with E-state index in [4.69, 9.17) is 0 Å². The monoisotopic (exact) mass is 433 g/mol. The molecule has 1 atom stereocenters. The number of fused-ring (bicyclic) bond motifs is 2. The predicted molar refractivity (Wildman–Crippen MR) is 115 cm³/mol. The van der Waals surface area contributed by atoms with Gasteiger partial charge in [-0.25, -0.2) is 0 Å². The molecule has 0 bridgehead atoms. The molecule has 0 amide bonds. The van der Waals surface area contributed by atoms with Crippen molar-refractivity contribution in [1.29, 1.82) is 0 Å². The van der Waals surface area contributed by atoms with E-state index in [1.54, 1.807) is 24.7 Å². The average molecular weight is 435 g/mol. The quantitative estimate of drug-likeness (QED) is 0.348.